The molecular weight excluding hydrogens is 332 g/mol. The maximum atomic E-state index is 12.1. The van der Waals surface area contributed by atoms with Crippen molar-refractivity contribution in [1.82, 2.24) is 10.6 Å². The summed E-state index contributed by atoms with van der Waals surface area (Å²) < 4.78 is 0. The summed E-state index contributed by atoms with van der Waals surface area (Å²) >= 11 is 1.69. The largest absolute Gasteiger partial charge is 0.356 e. The van der Waals surface area contributed by atoms with Gasteiger partial charge in [-0.05, 0) is 41.0 Å². The third kappa shape index (κ3) is 6.35. The van der Waals surface area contributed by atoms with Gasteiger partial charge in [0.05, 0.1) is 0 Å². The first-order valence-electron chi connectivity index (χ1n) is 8.54. The predicted molar refractivity (Wildman–Crippen MR) is 103 cm³/mol. The Morgan fingerprint density at radius 2 is 1.72 bits per heavy atom. The van der Waals surface area contributed by atoms with E-state index in [4.69, 9.17) is 0 Å². The molecule has 2 N–H and O–H groups in total. The second-order valence-electron chi connectivity index (χ2n) is 7.01. The molecule has 0 atom stereocenters. The number of thiophene rings is 1. The minimum absolute atomic E-state index is 0.0417. The van der Waals surface area contributed by atoms with Crippen LogP contribution in [0.4, 0.5) is 0 Å². The molecule has 0 aliphatic rings. The number of hydrogen-bond donors (Lipinski definition) is 2. The smallest absolute Gasteiger partial charge is 0.251 e. The van der Waals surface area contributed by atoms with Crippen LogP contribution >= 0.6 is 11.3 Å². The second kappa shape index (κ2) is 8.81. The van der Waals surface area contributed by atoms with Crippen molar-refractivity contribution in [2.75, 3.05) is 13.1 Å². The first kappa shape index (κ1) is 19.2. The summed E-state index contributed by atoms with van der Waals surface area (Å²) in [6.45, 7) is 7.38. The van der Waals surface area contributed by atoms with E-state index in [-0.39, 0.29) is 23.7 Å². The average molecular weight is 359 g/mol. The van der Waals surface area contributed by atoms with Crippen LogP contribution in [0.25, 0.3) is 0 Å². The molecule has 1 aromatic heterocycles. The Kier molecular flexibility index (Phi) is 6.76. The topological polar surface area (TPSA) is 58.2 Å². The van der Waals surface area contributed by atoms with E-state index in [9.17, 15) is 9.59 Å². The molecule has 2 aromatic rings. The second-order valence-corrected chi connectivity index (χ2v) is 8.04. The van der Waals surface area contributed by atoms with Crippen molar-refractivity contribution < 1.29 is 9.59 Å². The Bertz CT molecular complexity index is 685. The number of carbonyl (C=O) groups excluding carboxylic acids is 2. The molecule has 1 aromatic carbocycles. The zero-order valence-electron chi connectivity index (χ0n) is 15.1. The fourth-order valence-corrected chi connectivity index (χ4v) is 3.09. The third-order valence-electron chi connectivity index (χ3n) is 3.92. The average Bonchev–Trinajstić information content (AvgIpc) is 3.07. The number of nitrogens with one attached hydrogen (secondary N) is 2. The molecule has 0 bridgehead atoms. The zero-order chi connectivity index (χ0) is 18.3. The van der Waals surface area contributed by atoms with Gasteiger partial charge in [-0.3, -0.25) is 9.59 Å². The molecule has 1 heterocycles. The van der Waals surface area contributed by atoms with Gasteiger partial charge in [0.15, 0.2) is 0 Å². The van der Waals surface area contributed by atoms with Gasteiger partial charge in [0.25, 0.3) is 5.91 Å². The first-order chi connectivity index (χ1) is 11.9. The predicted octanol–water partition coefficient (Wildman–Crippen LogP) is 3.52. The van der Waals surface area contributed by atoms with Crippen molar-refractivity contribution in [3.8, 4) is 0 Å². The standard InChI is InChI=1S/C20H26N2O2S/c1-20(2,3)16-8-6-15(7-9-16)19(24)22-13-11-18(23)21-12-10-17-5-4-14-25-17/h4-9,14H,10-13H2,1-3H3,(H,21,23)(H,22,24). The van der Waals surface area contributed by atoms with Crippen LogP contribution in [0.1, 0.15) is 48.0 Å². The zero-order valence-corrected chi connectivity index (χ0v) is 15.9. The van der Waals surface area contributed by atoms with E-state index in [0.717, 1.165) is 6.42 Å². The normalized spacial score (nSPS) is 11.2. The van der Waals surface area contributed by atoms with Crippen molar-refractivity contribution in [2.24, 2.45) is 0 Å². The van der Waals surface area contributed by atoms with Crippen LogP contribution in [0.5, 0.6) is 0 Å². The van der Waals surface area contributed by atoms with E-state index in [2.05, 4.69) is 37.5 Å². The molecule has 2 rings (SSSR count). The quantitative estimate of drug-likeness (QED) is 0.795. The summed E-state index contributed by atoms with van der Waals surface area (Å²) in [5.74, 6) is -0.188. The summed E-state index contributed by atoms with van der Waals surface area (Å²) in [7, 11) is 0. The third-order valence-corrected chi connectivity index (χ3v) is 4.86. The molecule has 0 fully saturated rings. The van der Waals surface area contributed by atoms with E-state index in [0.29, 0.717) is 18.7 Å². The van der Waals surface area contributed by atoms with Crippen LogP contribution in [0.15, 0.2) is 41.8 Å². The van der Waals surface area contributed by atoms with E-state index < -0.39 is 0 Å². The highest BCUT2D eigenvalue weighted by Crippen LogP contribution is 2.22. The minimum Gasteiger partial charge on any atom is -0.356 e. The Balaban J connectivity index is 1.68. The SMILES string of the molecule is CC(C)(C)c1ccc(C(=O)NCCC(=O)NCCc2cccs2)cc1. The van der Waals surface area contributed by atoms with Crippen molar-refractivity contribution in [2.45, 2.75) is 39.0 Å². The van der Waals surface area contributed by atoms with Crippen LogP contribution in [0.2, 0.25) is 0 Å². The van der Waals surface area contributed by atoms with Crippen LogP contribution < -0.4 is 10.6 Å². The molecule has 2 amide bonds. The fourth-order valence-electron chi connectivity index (χ4n) is 2.38. The number of carbonyl (C=O) groups is 2. The molecule has 0 radical (unpaired) electrons. The molecule has 0 aliphatic heterocycles. The van der Waals surface area contributed by atoms with Gasteiger partial charge in [-0.15, -0.1) is 11.3 Å². The highest BCUT2D eigenvalue weighted by Gasteiger charge is 2.14. The lowest BCUT2D eigenvalue weighted by Gasteiger charge is -2.19. The van der Waals surface area contributed by atoms with Gasteiger partial charge in [0.2, 0.25) is 5.91 Å². The molecule has 134 valence electrons. The Morgan fingerprint density at radius 1 is 1.00 bits per heavy atom. The molecule has 5 heteroatoms. The van der Waals surface area contributed by atoms with Gasteiger partial charge in [0, 0.05) is 30.0 Å². The highest BCUT2D eigenvalue weighted by molar-refractivity contribution is 7.09. The summed E-state index contributed by atoms with van der Waals surface area (Å²) in [4.78, 5) is 25.2. The van der Waals surface area contributed by atoms with Crippen molar-refractivity contribution >= 4 is 23.2 Å². The minimum atomic E-state index is -0.146. The number of benzene rings is 1. The van der Waals surface area contributed by atoms with Crippen LogP contribution in [-0.2, 0) is 16.6 Å². The molecular formula is C20H26N2O2S. The molecule has 0 saturated heterocycles. The van der Waals surface area contributed by atoms with Crippen LogP contribution in [-0.4, -0.2) is 24.9 Å². The number of hydrogen-bond acceptors (Lipinski definition) is 3. The van der Waals surface area contributed by atoms with Gasteiger partial charge < -0.3 is 10.6 Å². The molecule has 0 aliphatic carbocycles. The molecule has 4 nitrogen and oxygen atoms in total. The molecule has 0 unspecified atom stereocenters. The van der Waals surface area contributed by atoms with Gasteiger partial charge in [0.1, 0.15) is 0 Å². The lowest BCUT2D eigenvalue weighted by molar-refractivity contribution is -0.120. The Hall–Kier alpha value is -2.14. The highest BCUT2D eigenvalue weighted by atomic mass is 32.1. The monoisotopic (exact) mass is 358 g/mol. The summed E-state index contributed by atoms with van der Waals surface area (Å²) in [5, 5.41) is 7.70. The lowest BCUT2D eigenvalue weighted by Crippen LogP contribution is -2.31. The molecule has 0 spiro atoms. The van der Waals surface area contributed by atoms with Crippen LogP contribution in [0, 0.1) is 0 Å². The molecule has 0 saturated carbocycles. The fraction of sp³-hybridized carbons (Fsp3) is 0.400. The van der Waals surface area contributed by atoms with Crippen LogP contribution in [0.3, 0.4) is 0 Å². The van der Waals surface area contributed by atoms with E-state index in [1.165, 1.54) is 10.4 Å². The maximum absolute atomic E-state index is 12.1. The van der Waals surface area contributed by atoms with E-state index in [1.807, 2.05) is 35.7 Å². The maximum Gasteiger partial charge on any atom is 0.251 e. The van der Waals surface area contributed by atoms with Gasteiger partial charge in [-0.2, -0.15) is 0 Å². The van der Waals surface area contributed by atoms with Crippen molar-refractivity contribution in [3.63, 3.8) is 0 Å². The van der Waals surface area contributed by atoms with Gasteiger partial charge in [-0.1, -0.05) is 39.0 Å². The summed E-state index contributed by atoms with van der Waals surface area (Å²) in [6, 6.07) is 11.7. The van der Waals surface area contributed by atoms with Gasteiger partial charge in [-0.25, -0.2) is 0 Å². The van der Waals surface area contributed by atoms with E-state index >= 15 is 0 Å². The first-order valence-corrected chi connectivity index (χ1v) is 9.42. The van der Waals surface area contributed by atoms with Gasteiger partial charge >= 0.3 is 0 Å². The van der Waals surface area contributed by atoms with Crippen molar-refractivity contribution in [1.29, 1.82) is 0 Å². The van der Waals surface area contributed by atoms with Crippen molar-refractivity contribution in [3.05, 3.63) is 57.8 Å². The van der Waals surface area contributed by atoms with E-state index in [1.54, 1.807) is 11.3 Å². The Labute approximate surface area is 153 Å². The number of amides is 2. The summed E-state index contributed by atoms with van der Waals surface area (Å²) in [6.07, 6.45) is 1.13. The molecule has 25 heavy (non-hydrogen) atoms. The number of rotatable bonds is 7. The lowest BCUT2D eigenvalue weighted by atomic mass is 9.87. The Morgan fingerprint density at radius 3 is 2.32 bits per heavy atom. The summed E-state index contributed by atoms with van der Waals surface area (Å²) in [5.41, 5.74) is 1.87.